The lowest BCUT2D eigenvalue weighted by molar-refractivity contribution is 0.0298. The molecule has 0 heterocycles. The van der Waals surface area contributed by atoms with E-state index >= 15 is 4.39 Å². The second-order valence-electron chi connectivity index (χ2n) is 4.93. The van der Waals surface area contributed by atoms with Crippen molar-refractivity contribution in [2.24, 2.45) is 5.73 Å². The van der Waals surface area contributed by atoms with Gasteiger partial charge in [0, 0.05) is 7.11 Å². The van der Waals surface area contributed by atoms with Gasteiger partial charge in [-0.15, -0.1) is 0 Å². The van der Waals surface area contributed by atoms with Crippen LogP contribution in [-0.2, 0) is 10.4 Å². The Bertz CT molecular complexity index is 423. The summed E-state index contributed by atoms with van der Waals surface area (Å²) >= 11 is 0. The molecule has 0 bridgehead atoms. The van der Waals surface area contributed by atoms with E-state index in [2.05, 4.69) is 0 Å². The molecule has 0 aliphatic rings. The van der Waals surface area contributed by atoms with Crippen LogP contribution >= 0.6 is 0 Å². The summed E-state index contributed by atoms with van der Waals surface area (Å²) in [5.41, 5.74) is 6.47. The van der Waals surface area contributed by atoms with Crippen molar-refractivity contribution in [1.29, 1.82) is 0 Å². The van der Waals surface area contributed by atoms with Crippen LogP contribution in [-0.4, -0.2) is 27.4 Å². The van der Waals surface area contributed by atoms with Crippen molar-refractivity contribution in [3.63, 3.8) is 0 Å². The summed E-state index contributed by atoms with van der Waals surface area (Å²) in [7, 11) is 3.14. The van der Waals surface area contributed by atoms with Crippen LogP contribution in [0.2, 0.25) is 0 Å². The van der Waals surface area contributed by atoms with Gasteiger partial charge in [0.1, 0.15) is 5.75 Å². The normalized spacial score (nSPS) is 14.2. The Hall–Kier alpha value is -1.13. The second kappa shape index (κ2) is 6.87. The van der Waals surface area contributed by atoms with Gasteiger partial charge in [0.15, 0.2) is 5.67 Å². The number of alkyl halides is 1. The minimum Gasteiger partial charge on any atom is -0.496 e. The second-order valence-corrected chi connectivity index (χ2v) is 4.93. The molecule has 0 spiro atoms. The van der Waals surface area contributed by atoms with Crippen LogP contribution in [0.4, 0.5) is 4.39 Å². The molecule has 1 aromatic carbocycles. The van der Waals surface area contributed by atoms with E-state index < -0.39 is 5.67 Å². The quantitative estimate of drug-likeness (QED) is 0.828. The van der Waals surface area contributed by atoms with Crippen LogP contribution in [0.3, 0.4) is 0 Å². The first-order valence-corrected chi connectivity index (χ1v) is 6.52. The zero-order valence-electron chi connectivity index (χ0n) is 12.3. The van der Waals surface area contributed by atoms with Crippen molar-refractivity contribution in [2.75, 3.05) is 27.4 Å². The number of aryl methyl sites for hydroxylation is 2. The van der Waals surface area contributed by atoms with Crippen molar-refractivity contribution in [3.05, 3.63) is 28.8 Å². The van der Waals surface area contributed by atoms with Crippen LogP contribution < -0.4 is 10.5 Å². The third-order valence-electron chi connectivity index (χ3n) is 3.37. The predicted octanol–water partition coefficient (Wildman–Crippen LogP) is 2.86. The Kier molecular flexibility index (Phi) is 5.76. The van der Waals surface area contributed by atoms with Gasteiger partial charge in [0.2, 0.25) is 0 Å². The van der Waals surface area contributed by atoms with E-state index in [1.165, 1.54) is 7.11 Å². The molecule has 0 radical (unpaired) electrons. The van der Waals surface area contributed by atoms with E-state index in [9.17, 15) is 0 Å². The van der Waals surface area contributed by atoms with Crippen LogP contribution in [0.15, 0.2) is 12.1 Å². The fourth-order valence-corrected chi connectivity index (χ4v) is 2.39. The summed E-state index contributed by atoms with van der Waals surface area (Å²) in [6, 6.07) is 3.72. The summed E-state index contributed by atoms with van der Waals surface area (Å²) in [4.78, 5) is 0. The maximum absolute atomic E-state index is 15.2. The first-order valence-electron chi connectivity index (χ1n) is 6.52. The minimum absolute atomic E-state index is 0.0413. The smallest absolute Gasteiger partial charge is 0.159 e. The summed E-state index contributed by atoms with van der Waals surface area (Å²) in [6.45, 7) is 4.32. The molecule has 0 saturated heterocycles. The Balaban J connectivity index is 3.18. The summed E-state index contributed by atoms with van der Waals surface area (Å²) in [6.07, 6.45) is 0.994. The Morgan fingerprint density at radius 3 is 2.42 bits per heavy atom. The topological polar surface area (TPSA) is 44.5 Å². The number of hydrogen-bond donors (Lipinski definition) is 1. The lowest BCUT2D eigenvalue weighted by atomic mass is 9.87. The molecule has 19 heavy (non-hydrogen) atoms. The fourth-order valence-electron chi connectivity index (χ4n) is 2.39. The average Bonchev–Trinajstić information content (AvgIpc) is 2.39. The number of halogens is 1. The van der Waals surface area contributed by atoms with Crippen molar-refractivity contribution in [1.82, 2.24) is 0 Å². The van der Waals surface area contributed by atoms with E-state index in [-0.39, 0.29) is 6.61 Å². The summed E-state index contributed by atoms with van der Waals surface area (Å²) < 4.78 is 25.5. The molecule has 108 valence electrons. The molecule has 2 N–H and O–H groups in total. The molecule has 1 atom stereocenters. The zero-order valence-corrected chi connectivity index (χ0v) is 12.3. The fraction of sp³-hybridized carbons (Fsp3) is 0.600. The number of benzene rings is 1. The Morgan fingerprint density at radius 2 is 1.89 bits per heavy atom. The van der Waals surface area contributed by atoms with E-state index in [4.69, 9.17) is 15.2 Å². The largest absolute Gasteiger partial charge is 0.496 e. The highest BCUT2D eigenvalue weighted by atomic mass is 19.1. The zero-order chi connectivity index (χ0) is 14.5. The lowest BCUT2D eigenvalue weighted by Crippen LogP contribution is -2.28. The van der Waals surface area contributed by atoms with Crippen molar-refractivity contribution in [2.45, 2.75) is 32.4 Å². The van der Waals surface area contributed by atoms with Gasteiger partial charge in [-0.1, -0.05) is 0 Å². The third-order valence-corrected chi connectivity index (χ3v) is 3.37. The van der Waals surface area contributed by atoms with Gasteiger partial charge < -0.3 is 15.2 Å². The summed E-state index contributed by atoms with van der Waals surface area (Å²) in [5.74, 6) is 0.778. The Morgan fingerprint density at radius 1 is 1.21 bits per heavy atom. The number of rotatable bonds is 7. The highest BCUT2D eigenvalue weighted by Gasteiger charge is 2.33. The molecule has 0 fully saturated rings. The maximum Gasteiger partial charge on any atom is 0.159 e. The van der Waals surface area contributed by atoms with Crippen LogP contribution in [0.1, 0.15) is 29.5 Å². The first-order chi connectivity index (χ1) is 8.98. The highest BCUT2D eigenvalue weighted by Crippen LogP contribution is 2.36. The third kappa shape index (κ3) is 3.67. The number of nitrogens with two attached hydrogens (primary N) is 1. The molecule has 0 amide bonds. The number of methoxy groups -OCH3 is 2. The van der Waals surface area contributed by atoms with Gasteiger partial charge in [-0.05, 0) is 62.1 Å². The predicted molar refractivity (Wildman–Crippen MR) is 75.4 cm³/mol. The van der Waals surface area contributed by atoms with Gasteiger partial charge in [-0.25, -0.2) is 4.39 Å². The van der Waals surface area contributed by atoms with Gasteiger partial charge in [0.25, 0.3) is 0 Å². The maximum atomic E-state index is 15.2. The lowest BCUT2D eigenvalue weighted by Gasteiger charge is -2.27. The molecular weight excluding hydrogens is 245 g/mol. The van der Waals surface area contributed by atoms with Gasteiger partial charge in [0.05, 0.1) is 13.7 Å². The number of hydrogen-bond acceptors (Lipinski definition) is 3. The van der Waals surface area contributed by atoms with E-state index in [1.54, 1.807) is 7.11 Å². The molecule has 1 aromatic rings. The van der Waals surface area contributed by atoms with Gasteiger partial charge in [-0.2, -0.15) is 0 Å². The van der Waals surface area contributed by atoms with Crippen LogP contribution in [0.25, 0.3) is 0 Å². The van der Waals surface area contributed by atoms with Crippen molar-refractivity contribution in [3.8, 4) is 5.75 Å². The molecule has 4 heteroatoms. The van der Waals surface area contributed by atoms with Crippen molar-refractivity contribution < 1.29 is 13.9 Å². The van der Waals surface area contributed by atoms with Gasteiger partial charge >= 0.3 is 0 Å². The van der Waals surface area contributed by atoms with Crippen LogP contribution in [0.5, 0.6) is 5.75 Å². The van der Waals surface area contributed by atoms with Crippen LogP contribution in [0, 0.1) is 13.8 Å². The van der Waals surface area contributed by atoms with E-state index in [0.29, 0.717) is 24.9 Å². The monoisotopic (exact) mass is 269 g/mol. The molecule has 0 aromatic heterocycles. The van der Waals surface area contributed by atoms with E-state index in [1.807, 2.05) is 26.0 Å². The molecule has 1 unspecified atom stereocenters. The molecule has 0 saturated carbocycles. The standard InChI is InChI=1S/C15H24FNO2/c1-11-9-14(19-4)12(2)8-13(11)15(16,10-18-3)6-5-7-17/h8-9H,5-7,10,17H2,1-4H3. The number of ether oxygens (including phenoxy) is 2. The molecular formula is C15H24FNO2. The molecule has 1 rings (SSSR count). The average molecular weight is 269 g/mol. The molecule has 0 aliphatic carbocycles. The molecule has 0 aliphatic heterocycles. The minimum atomic E-state index is -1.49. The Labute approximate surface area is 114 Å². The van der Waals surface area contributed by atoms with Crippen molar-refractivity contribution >= 4 is 0 Å². The highest BCUT2D eigenvalue weighted by molar-refractivity contribution is 5.44. The first kappa shape index (κ1) is 15.9. The summed E-state index contributed by atoms with van der Waals surface area (Å²) in [5, 5.41) is 0. The van der Waals surface area contributed by atoms with E-state index in [0.717, 1.165) is 16.9 Å². The SMILES string of the molecule is COCC(F)(CCCN)c1cc(C)c(OC)cc1C. The van der Waals surface area contributed by atoms with Gasteiger partial charge in [-0.3, -0.25) is 0 Å². The molecule has 3 nitrogen and oxygen atoms in total.